The van der Waals surface area contributed by atoms with Crippen molar-refractivity contribution < 1.29 is 14.3 Å². The first-order valence-electron chi connectivity index (χ1n) is 8.81. The number of carbonyl (C=O) groups excluding carboxylic acids is 1. The molecule has 1 aliphatic rings. The van der Waals surface area contributed by atoms with Gasteiger partial charge in [-0.2, -0.15) is 0 Å². The highest BCUT2D eigenvalue weighted by Gasteiger charge is 2.15. The number of aromatic nitrogens is 2. The number of rotatable bonds is 6. The van der Waals surface area contributed by atoms with Crippen LogP contribution in [0.4, 0.5) is 5.69 Å². The topological polar surface area (TPSA) is 73.3 Å². The molecule has 1 aromatic heterocycles. The molecule has 0 aliphatic carbocycles. The number of ether oxygens (including phenoxy) is 2. The minimum Gasteiger partial charge on any atom is -0.454 e. The highest BCUT2D eigenvalue weighted by Crippen LogP contribution is 2.34. The van der Waals surface area contributed by atoms with E-state index in [1.54, 1.807) is 18.2 Å². The molecule has 0 spiro atoms. The molecule has 2 heterocycles. The number of para-hydroxylation sites is 1. The van der Waals surface area contributed by atoms with Gasteiger partial charge >= 0.3 is 0 Å². The zero-order valence-corrected chi connectivity index (χ0v) is 15.7. The van der Waals surface area contributed by atoms with Crippen molar-refractivity contribution >= 4 is 34.3 Å². The maximum Gasteiger partial charge on any atom is 0.234 e. The van der Waals surface area contributed by atoms with Gasteiger partial charge in [0.25, 0.3) is 0 Å². The van der Waals surface area contributed by atoms with Crippen LogP contribution in [0.5, 0.6) is 11.5 Å². The van der Waals surface area contributed by atoms with Crippen LogP contribution in [0.25, 0.3) is 10.9 Å². The number of benzene rings is 2. The number of anilines is 1. The van der Waals surface area contributed by atoms with Gasteiger partial charge in [-0.1, -0.05) is 36.9 Å². The van der Waals surface area contributed by atoms with Crippen LogP contribution < -0.4 is 14.8 Å². The van der Waals surface area contributed by atoms with Crippen molar-refractivity contribution in [3.63, 3.8) is 0 Å². The Hall–Kier alpha value is -2.80. The van der Waals surface area contributed by atoms with Gasteiger partial charge in [0, 0.05) is 23.6 Å². The molecular formula is C20H19N3O3S. The van der Waals surface area contributed by atoms with Gasteiger partial charge in [0.05, 0.1) is 11.3 Å². The molecule has 2 aromatic carbocycles. The third kappa shape index (κ3) is 3.98. The maximum atomic E-state index is 12.4. The lowest BCUT2D eigenvalue weighted by Crippen LogP contribution is -2.14. The van der Waals surface area contributed by atoms with Gasteiger partial charge in [-0.3, -0.25) is 4.79 Å². The largest absolute Gasteiger partial charge is 0.454 e. The summed E-state index contributed by atoms with van der Waals surface area (Å²) >= 11 is 1.42. The lowest BCUT2D eigenvalue weighted by Gasteiger charge is -2.09. The molecule has 4 rings (SSSR count). The van der Waals surface area contributed by atoms with Crippen LogP contribution in [-0.4, -0.2) is 28.4 Å². The van der Waals surface area contributed by atoms with Gasteiger partial charge in [-0.05, 0) is 24.6 Å². The Bertz CT molecular complexity index is 993. The van der Waals surface area contributed by atoms with Crippen molar-refractivity contribution in [2.75, 3.05) is 17.9 Å². The van der Waals surface area contributed by atoms with E-state index in [1.807, 2.05) is 24.3 Å². The van der Waals surface area contributed by atoms with Crippen LogP contribution in [0.15, 0.2) is 47.5 Å². The summed E-state index contributed by atoms with van der Waals surface area (Å²) in [5.74, 6) is 2.32. The highest BCUT2D eigenvalue weighted by molar-refractivity contribution is 8.00. The Kier molecular flexibility index (Phi) is 5.11. The molecule has 7 heteroatoms. The monoisotopic (exact) mass is 381 g/mol. The van der Waals surface area contributed by atoms with Crippen LogP contribution >= 0.6 is 11.8 Å². The molecule has 1 amide bonds. The van der Waals surface area contributed by atoms with Crippen molar-refractivity contribution in [3.8, 4) is 11.5 Å². The number of carbonyl (C=O) groups is 1. The molecular weight excluding hydrogens is 362 g/mol. The average Bonchev–Trinajstić information content (AvgIpc) is 3.14. The van der Waals surface area contributed by atoms with Gasteiger partial charge < -0.3 is 14.8 Å². The molecule has 138 valence electrons. The third-order valence-electron chi connectivity index (χ3n) is 4.08. The third-order valence-corrected chi connectivity index (χ3v) is 5.08. The van der Waals surface area contributed by atoms with E-state index in [0.717, 1.165) is 34.6 Å². The van der Waals surface area contributed by atoms with Gasteiger partial charge in [0.15, 0.2) is 11.5 Å². The predicted molar refractivity (Wildman–Crippen MR) is 105 cm³/mol. The molecule has 0 unspecified atom stereocenters. The lowest BCUT2D eigenvalue weighted by atomic mass is 10.2. The zero-order valence-electron chi connectivity index (χ0n) is 14.9. The van der Waals surface area contributed by atoms with E-state index in [4.69, 9.17) is 9.47 Å². The Labute approximate surface area is 161 Å². The molecule has 6 nitrogen and oxygen atoms in total. The Morgan fingerprint density at radius 3 is 2.89 bits per heavy atom. The highest BCUT2D eigenvalue weighted by atomic mass is 32.2. The van der Waals surface area contributed by atoms with Gasteiger partial charge in [0.1, 0.15) is 10.9 Å². The minimum atomic E-state index is -0.0985. The van der Waals surface area contributed by atoms with Gasteiger partial charge in [0.2, 0.25) is 12.7 Å². The first-order valence-corrected chi connectivity index (χ1v) is 9.79. The zero-order chi connectivity index (χ0) is 18.6. The number of hydrogen-bond donors (Lipinski definition) is 1. The second kappa shape index (κ2) is 7.84. The van der Waals surface area contributed by atoms with E-state index in [-0.39, 0.29) is 18.5 Å². The average molecular weight is 381 g/mol. The lowest BCUT2D eigenvalue weighted by molar-refractivity contribution is -0.113. The molecule has 0 fully saturated rings. The number of nitrogens with one attached hydrogen (secondary N) is 1. The van der Waals surface area contributed by atoms with Crippen molar-refractivity contribution in [1.82, 2.24) is 9.97 Å². The Balaban J connectivity index is 1.47. The van der Waals surface area contributed by atoms with Crippen molar-refractivity contribution in [2.24, 2.45) is 0 Å². The molecule has 27 heavy (non-hydrogen) atoms. The maximum absolute atomic E-state index is 12.4. The van der Waals surface area contributed by atoms with Crippen LogP contribution in [0, 0.1) is 0 Å². The molecule has 1 aliphatic heterocycles. The summed E-state index contributed by atoms with van der Waals surface area (Å²) in [7, 11) is 0. The summed E-state index contributed by atoms with van der Waals surface area (Å²) in [6.45, 7) is 2.31. The van der Waals surface area contributed by atoms with E-state index >= 15 is 0 Å². The van der Waals surface area contributed by atoms with Gasteiger partial charge in [-0.15, -0.1) is 0 Å². The van der Waals surface area contributed by atoms with Gasteiger partial charge in [-0.25, -0.2) is 9.97 Å². The second-order valence-electron chi connectivity index (χ2n) is 6.12. The number of fused-ring (bicyclic) bond motifs is 2. The van der Waals surface area contributed by atoms with Crippen LogP contribution in [-0.2, 0) is 11.2 Å². The Morgan fingerprint density at radius 2 is 2.00 bits per heavy atom. The Morgan fingerprint density at radius 1 is 1.15 bits per heavy atom. The normalized spacial score (nSPS) is 12.3. The first kappa shape index (κ1) is 17.6. The summed E-state index contributed by atoms with van der Waals surface area (Å²) in [5.41, 5.74) is 1.60. The molecule has 1 N–H and O–H groups in total. The smallest absolute Gasteiger partial charge is 0.234 e. The molecule has 3 aromatic rings. The van der Waals surface area contributed by atoms with E-state index in [1.165, 1.54) is 11.8 Å². The van der Waals surface area contributed by atoms with E-state index < -0.39 is 0 Å². The molecule has 0 atom stereocenters. The molecule has 0 saturated carbocycles. The van der Waals surface area contributed by atoms with Crippen LogP contribution in [0.1, 0.15) is 19.2 Å². The minimum absolute atomic E-state index is 0.0985. The fourth-order valence-electron chi connectivity index (χ4n) is 2.84. The van der Waals surface area contributed by atoms with Crippen LogP contribution in [0.3, 0.4) is 0 Å². The summed E-state index contributed by atoms with van der Waals surface area (Å²) in [4.78, 5) is 21.6. The number of thioether (sulfide) groups is 1. The standard InChI is InChI=1S/C20H19N3O3S/c1-2-5-18-22-15-7-4-3-6-14(15)20(23-18)27-11-19(24)21-13-8-9-16-17(10-13)26-12-25-16/h3-4,6-10H,2,5,11-12H2,1H3,(H,21,24). The fourth-order valence-corrected chi connectivity index (χ4v) is 3.68. The molecule has 0 saturated heterocycles. The number of hydrogen-bond acceptors (Lipinski definition) is 6. The van der Waals surface area contributed by atoms with Crippen LogP contribution in [0.2, 0.25) is 0 Å². The first-order chi connectivity index (χ1) is 13.2. The van der Waals surface area contributed by atoms with E-state index in [0.29, 0.717) is 17.2 Å². The number of nitrogens with zero attached hydrogens (tertiary/aromatic N) is 2. The van der Waals surface area contributed by atoms with Crippen molar-refractivity contribution in [1.29, 1.82) is 0 Å². The van der Waals surface area contributed by atoms with Crippen molar-refractivity contribution in [3.05, 3.63) is 48.3 Å². The molecule has 0 radical (unpaired) electrons. The fraction of sp³-hybridized carbons (Fsp3) is 0.250. The van der Waals surface area contributed by atoms with E-state index in [9.17, 15) is 4.79 Å². The number of aryl methyl sites for hydroxylation is 1. The quantitative estimate of drug-likeness (QED) is 0.513. The summed E-state index contributed by atoms with van der Waals surface area (Å²) in [6.07, 6.45) is 1.80. The summed E-state index contributed by atoms with van der Waals surface area (Å²) in [6, 6.07) is 13.3. The summed E-state index contributed by atoms with van der Waals surface area (Å²) < 4.78 is 10.6. The molecule has 0 bridgehead atoms. The summed E-state index contributed by atoms with van der Waals surface area (Å²) in [5, 5.41) is 4.70. The van der Waals surface area contributed by atoms with Crippen molar-refractivity contribution in [2.45, 2.75) is 24.8 Å². The number of amides is 1. The van der Waals surface area contributed by atoms with E-state index in [2.05, 4.69) is 22.2 Å². The SMILES string of the molecule is CCCc1nc(SCC(=O)Nc2ccc3c(c2)OCO3)c2ccccc2n1. The predicted octanol–water partition coefficient (Wildman–Crippen LogP) is 4.04. The second-order valence-corrected chi connectivity index (χ2v) is 7.08.